The molecule has 2 amide bonds. The number of nitrogens with zero attached hydrogens (tertiary/aromatic N) is 3. The Kier molecular flexibility index (Phi) is 8.86. The van der Waals surface area contributed by atoms with Crippen LogP contribution in [0.2, 0.25) is 0 Å². The number of urea groups is 1. The van der Waals surface area contributed by atoms with Crippen molar-refractivity contribution < 1.29 is 22.7 Å². The van der Waals surface area contributed by atoms with Crippen molar-refractivity contribution in [2.75, 3.05) is 11.5 Å². The fourth-order valence-electron chi connectivity index (χ4n) is 3.41. The smallest absolute Gasteiger partial charge is 0.420 e. The van der Waals surface area contributed by atoms with Crippen molar-refractivity contribution in [3.05, 3.63) is 53.7 Å². The highest BCUT2D eigenvalue weighted by Gasteiger charge is 2.36. The second-order valence-corrected chi connectivity index (χ2v) is 8.56. The minimum Gasteiger partial charge on any atom is -0.493 e. The SMILES string of the molecule is CCCCCCCCOc1ccc(N(C(N)=O)c2nc(-c3cccnc3)cs2)cc1C(F)(F)F. The summed E-state index contributed by atoms with van der Waals surface area (Å²) in [7, 11) is 0. The average Bonchev–Trinajstić information content (AvgIpc) is 3.28. The molecule has 0 aliphatic carbocycles. The molecule has 0 radical (unpaired) electrons. The van der Waals surface area contributed by atoms with E-state index in [1.807, 2.05) is 0 Å². The average molecular weight is 493 g/mol. The number of primary amides is 1. The zero-order chi connectivity index (χ0) is 24.6. The van der Waals surface area contributed by atoms with E-state index in [1.165, 1.54) is 12.1 Å². The Morgan fingerprint density at radius 3 is 2.59 bits per heavy atom. The van der Waals surface area contributed by atoms with Gasteiger partial charge in [0.2, 0.25) is 0 Å². The number of rotatable bonds is 11. The Labute approximate surface area is 200 Å². The van der Waals surface area contributed by atoms with E-state index >= 15 is 0 Å². The zero-order valence-electron chi connectivity index (χ0n) is 18.8. The van der Waals surface area contributed by atoms with Gasteiger partial charge in [-0.1, -0.05) is 39.0 Å². The van der Waals surface area contributed by atoms with E-state index in [0.717, 1.165) is 54.4 Å². The molecule has 182 valence electrons. The monoisotopic (exact) mass is 492 g/mol. The molecule has 0 spiro atoms. The van der Waals surface area contributed by atoms with Crippen molar-refractivity contribution in [1.29, 1.82) is 0 Å². The lowest BCUT2D eigenvalue weighted by molar-refractivity contribution is -0.138. The number of thiazole rings is 1. The van der Waals surface area contributed by atoms with Gasteiger partial charge in [0.25, 0.3) is 0 Å². The summed E-state index contributed by atoms with van der Waals surface area (Å²) in [6, 6.07) is 6.05. The molecule has 0 aliphatic rings. The van der Waals surface area contributed by atoms with E-state index in [9.17, 15) is 18.0 Å². The number of benzene rings is 1. The molecular weight excluding hydrogens is 465 g/mol. The van der Waals surface area contributed by atoms with E-state index in [-0.39, 0.29) is 23.2 Å². The number of hydrogen-bond acceptors (Lipinski definition) is 5. The quantitative estimate of drug-likeness (QED) is 0.288. The molecule has 3 aromatic rings. The number of unbranched alkanes of at least 4 members (excludes halogenated alkanes) is 5. The number of nitrogens with two attached hydrogens (primary N) is 1. The van der Waals surface area contributed by atoms with Gasteiger partial charge < -0.3 is 10.5 Å². The summed E-state index contributed by atoms with van der Waals surface area (Å²) in [6.07, 6.45) is 4.55. The highest BCUT2D eigenvalue weighted by molar-refractivity contribution is 7.14. The van der Waals surface area contributed by atoms with E-state index < -0.39 is 17.8 Å². The van der Waals surface area contributed by atoms with Crippen molar-refractivity contribution in [1.82, 2.24) is 9.97 Å². The van der Waals surface area contributed by atoms with Crippen LogP contribution < -0.4 is 15.4 Å². The lowest BCUT2D eigenvalue weighted by Crippen LogP contribution is -2.31. The molecule has 34 heavy (non-hydrogen) atoms. The van der Waals surface area contributed by atoms with Crippen LogP contribution in [-0.2, 0) is 6.18 Å². The van der Waals surface area contributed by atoms with E-state index in [1.54, 1.807) is 29.9 Å². The molecule has 2 heterocycles. The first-order valence-corrected chi connectivity index (χ1v) is 12.0. The Hall–Kier alpha value is -3.14. The van der Waals surface area contributed by atoms with Gasteiger partial charge in [-0.2, -0.15) is 13.2 Å². The number of anilines is 2. The molecule has 0 unspecified atom stereocenters. The molecule has 0 bridgehead atoms. The second-order valence-electron chi connectivity index (χ2n) is 7.73. The van der Waals surface area contributed by atoms with Gasteiger partial charge in [0, 0.05) is 23.3 Å². The molecule has 2 aromatic heterocycles. The number of amides is 2. The van der Waals surface area contributed by atoms with Crippen LogP contribution in [0, 0.1) is 0 Å². The number of aromatic nitrogens is 2. The van der Waals surface area contributed by atoms with Gasteiger partial charge in [-0.25, -0.2) is 14.7 Å². The lowest BCUT2D eigenvalue weighted by Gasteiger charge is -2.21. The summed E-state index contributed by atoms with van der Waals surface area (Å²) >= 11 is 1.09. The van der Waals surface area contributed by atoms with Gasteiger partial charge >= 0.3 is 12.2 Å². The van der Waals surface area contributed by atoms with Gasteiger partial charge in [0.05, 0.1) is 23.6 Å². The maximum absolute atomic E-state index is 13.8. The third-order valence-corrected chi connectivity index (χ3v) is 5.97. The van der Waals surface area contributed by atoms with Crippen LogP contribution in [0.1, 0.15) is 51.0 Å². The van der Waals surface area contributed by atoms with Gasteiger partial charge in [0.15, 0.2) is 5.13 Å². The fraction of sp³-hybridized carbons (Fsp3) is 0.375. The summed E-state index contributed by atoms with van der Waals surface area (Å²) in [5, 5.41) is 1.84. The van der Waals surface area contributed by atoms with Crippen molar-refractivity contribution in [2.45, 2.75) is 51.6 Å². The predicted molar refractivity (Wildman–Crippen MR) is 127 cm³/mol. The van der Waals surface area contributed by atoms with Crippen LogP contribution in [0.15, 0.2) is 48.1 Å². The number of halogens is 3. The summed E-state index contributed by atoms with van der Waals surface area (Å²) < 4.78 is 46.9. The van der Waals surface area contributed by atoms with Crippen molar-refractivity contribution >= 4 is 28.2 Å². The van der Waals surface area contributed by atoms with Crippen molar-refractivity contribution in [3.8, 4) is 17.0 Å². The molecule has 3 rings (SSSR count). The molecule has 0 saturated carbocycles. The van der Waals surface area contributed by atoms with Crippen LogP contribution in [-0.4, -0.2) is 22.6 Å². The largest absolute Gasteiger partial charge is 0.493 e. The zero-order valence-corrected chi connectivity index (χ0v) is 19.7. The van der Waals surface area contributed by atoms with Crippen LogP contribution >= 0.6 is 11.3 Å². The maximum atomic E-state index is 13.8. The van der Waals surface area contributed by atoms with Gasteiger partial charge in [0.1, 0.15) is 5.75 Å². The molecule has 0 fully saturated rings. The molecule has 6 nitrogen and oxygen atoms in total. The third kappa shape index (κ3) is 6.69. The second kappa shape index (κ2) is 11.8. The number of ether oxygens (including phenoxy) is 1. The van der Waals surface area contributed by atoms with E-state index in [2.05, 4.69) is 16.9 Å². The standard InChI is InChI=1S/C24H27F3N4O2S/c1-2-3-4-5-6-7-13-33-21-11-10-18(14-19(21)24(25,26)27)31(22(28)32)23-30-20(16-34-23)17-9-8-12-29-15-17/h8-12,14-16H,2-7,13H2,1H3,(H2,28,32). The minimum atomic E-state index is -4.67. The first kappa shape index (κ1) is 25.5. The molecule has 0 aliphatic heterocycles. The van der Waals surface area contributed by atoms with Crippen LogP contribution in [0.3, 0.4) is 0 Å². The summed E-state index contributed by atoms with van der Waals surface area (Å²) in [6.45, 7) is 2.31. The minimum absolute atomic E-state index is 0.0428. The van der Waals surface area contributed by atoms with Crippen LogP contribution in [0.4, 0.5) is 28.8 Å². The third-order valence-electron chi connectivity index (χ3n) is 5.14. The first-order valence-electron chi connectivity index (χ1n) is 11.1. The Bertz CT molecular complexity index is 1070. The molecule has 10 heteroatoms. The Morgan fingerprint density at radius 1 is 1.15 bits per heavy atom. The highest BCUT2D eigenvalue weighted by atomic mass is 32.1. The van der Waals surface area contributed by atoms with Gasteiger partial charge in [-0.15, -0.1) is 11.3 Å². The van der Waals surface area contributed by atoms with Gasteiger partial charge in [-0.3, -0.25) is 4.98 Å². The summed E-state index contributed by atoms with van der Waals surface area (Å²) in [4.78, 5) is 21.6. The van der Waals surface area contributed by atoms with Crippen molar-refractivity contribution in [3.63, 3.8) is 0 Å². The van der Waals surface area contributed by atoms with E-state index in [4.69, 9.17) is 10.5 Å². The summed E-state index contributed by atoms with van der Waals surface area (Å²) in [5.74, 6) is -0.274. The fourth-order valence-corrected chi connectivity index (χ4v) is 4.27. The number of carbonyl (C=O) groups is 1. The normalized spacial score (nSPS) is 11.4. The number of hydrogen-bond donors (Lipinski definition) is 1. The Morgan fingerprint density at radius 2 is 1.91 bits per heavy atom. The van der Waals surface area contributed by atoms with Crippen LogP contribution in [0.25, 0.3) is 11.3 Å². The number of pyridine rings is 1. The molecule has 0 atom stereocenters. The molecule has 2 N–H and O–H groups in total. The molecular formula is C24H27F3N4O2S. The molecule has 0 saturated heterocycles. The number of alkyl halides is 3. The van der Waals surface area contributed by atoms with E-state index in [0.29, 0.717) is 17.7 Å². The van der Waals surface area contributed by atoms with Crippen molar-refractivity contribution in [2.24, 2.45) is 5.73 Å². The molecule has 1 aromatic carbocycles. The topological polar surface area (TPSA) is 81.3 Å². The Balaban J connectivity index is 1.80. The predicted octanol–water partition coefficient (Wildman–Crippen LogP) is 7.18. The first-order chi connectivity index (χ1) is 16.3. The maximum Gasteiger partial charge on any atom is 0.420 e. The highest BCUT2D eigenvalue weighted by Crippen LogP contribution is 2.40. The van der Waals surface area contributed by atoms with Crippen LogP contribution in [0.5, 0.6) is 5.75 Å². The van der Waals surface area contributed by atoms with Gasteiger partial charge in [-0.05, 0) is 36.8 Å². The summed E-state index contributed by atoms with van der Waals surface area (Å²) in [5.41, 5.74) is 5.76. The number of carbonyl (C=O) groups excluding carboxylic acids is 1. The lowest BCUT2D eigenvalue weighted by atomic mass is 10.1.